The van der Waals surface area contributed by atoms with Crippen LogP contribution in [0.3, 0.4) is 0 Å². The fourth-order valence-corrected chi connectivity index (χ4v) is 4.67. The van der Waals surface area contributed by atoms with E-state index in [-0.39, 0.29) is 21.7 Å². The molecule has 0 aromatic heterocycles. The summed E-state index contributed by atoms with van der Waals surface area (Å²) in [6, 6.07) is 0. The van der Waals surface area contributed by atoms with Gasteiger partial charge in [0.05, 0.1) is 0 Å². The van der Waals surface area contributed by atoms with Crippen molar-refractivity contribution < 1.29 is 21.7 Å². The van der Waals surface area contributed by atoms with Crippen molar-refractivity contribution in [1.82, 2.24) is 0 Å². The number of rotatable bonds is 2. The van der Waals surface area contributed by atoms with Crippen molar-refractivity contribution in [2.45, 2.75) is 66.0 Å². The van der Waals surface area contributed by atoms with Crippen molar-refractivity contribution >= 4 is 16.1 Å². The SMILES string of the molecule is CC[C]1[CH][CH][CH][CH]1.CC[C]1[CH][CH][CH][CH]1.C[Si](C)(C)C#C[Si](C)(C)C.[Ti+2]. The topological polar surface area (TPSA) is 0 Å². The van der Waals surface area contributed by atoms with Crippen LogP contribution in [0.15, 0.2) is 0 Å². The Morgan fingerprint density at radius 2 is 0.840 bits per heavy atom. The van der Waals surface area contributed by atoms with Gasteiger partial charge in [-0.25, -0.2) is 0 Å². The predicted octanol–water partition coefficient (Wildman–Crippen LogP) is 6.35. The van der Waals surface area contributed by atoms with Crippen LogP contribution in [-0.2, 0) is 21.7 Å². The Morgan fingerprint density at radius 3 is 0.960 bits per heavy atom. The van der Waals surface area contributed by atoms with Gasteiger partial charge < -0.3 is 0 Å². The van der Waals surface area contributed by atoms with E-state index in [1.165, 1.54) is 11.8 Å². The summed E-state index contributed by atoms with van der Waals surface area (Å²) in [6.45, 7) is 18.1. The van der Waals surface area contributed by atoms with E-state index in [2.05, 4.69) is 116 Å². The molecule has 0 amide bonds. The van der Waals surface area contributed by atoms with Crippen LogP contribution in [-0.4, -0.2) is 16.1 Å². The molecule has 0 spiro atoms. The third-order valence-electron chi connectivity index (χ3n) is 3.09. The minimum atomic E-state index is -1.09. The molecule has 0 aliphatic heterocycles. The molecule has 0 bridgehead atoms. The molecule has 25 heavy (non-hydrogen) atoms. The molecule has 0 saturated heterocycles. The second-order valence-electron chi connectivity index (χ2n) is 8.04. The molecule has 2 rings (SSSR count). The normalized spacial score (nSPS) is 18.1. The van der Waals surface area contributed by atoms with Gasteiger partial charge in [0.15, 0.2) is 0 Å². The minimum Gasteiger partial charge on any atom is -0.139 e. The number of hydrogen-bond donors (Lipinski definition) is 0. The second-order valence-corrected chi connectivity index (χ2v) is 17.5. The summed E-state index contributed by atoms with van der Waals surface area (Å²) in [5.74, 6) is 2.86. The van der Waals surface area contributed by atoms with Crippen LogP contribution in [0.25, 0.3) is 0 Å². The zero-order chi connectivity index (χ0) is 18.6. The van der Waals surface area contributed by atoms with Crippen LogP contribution in [0.1, 0.15) is 26.7 Å². The third kappa shape index (κ3) is 19.3. The van der Waals surface area contributed by atoms with Crippen molar-refractivity contribution in [2.24, 2.45) is 0 Å². The summed E-state index contributed by atoms with van der Waals surface area (Å²) < 4.78 is 0. The zero-order valence-electron chi connectivity index (χ0n) is 17.5. The molecule has 134 valence electrons. The fraction of sp³-hybridized carbons (Fsp3) is 0.455. The van der Waals surface area contributed by atoms with Crippen LogP contribution in [0, 0.1) is 74.3 Å². The number of hydrogen-bond acceptors (Lipinski definition) is 0. The van der Waals surface area contributed by atoms with Crippen molar-refractivity contribution in [3.8, 4) is 11.1 Å². The standard InChI is InChI=1S/C8H18Si2.2C7H9.Ti/c1-9(2,3)7-8-10(4,5)6;2*1-2-7-5-3-4-6-7;/h1-6H3;2*3-6H,2H2,1H3;/q;;;+2. The Labute approximate surface area is 177 Å². The second kappa shape index (κ2) is 14.7. The van der Waals surface area contributed by atoms with Crippen LogP contribution < -0.4 is 0 Å². The molecule has 2 aliphatic rings. The van der Waals surface area contributed by atoms with Gasteiger partial charge in [0.1, 0.15) is 16.1 Å². The molecule has 0 atom stereocenters. The summed E-state index contributed by atoms with van der Waals surface area (Å²) in [4.78, 5) is 0. The molecule has 2 aliphatic carbocycles. The summed E-state index contributed by atoms with van der Waals surface area (Å²) in [5, 5.41) is 0. The van der Waals surface area contributed by atoms with Gasteiger partial charge in [-0.1, -0.05) is 53.1 Å². The Bertz CT molecular complexity index is 322. The Kier molecular flexibility index (Phi) is 16.4. The van der Waals surface area contributed by atoms with Gasteiger partial charge in [-0.05, 0) is 76.0 Å². The van der Waals surface area contributed by atoms with Gasteiger partial charge in [0, 0.05) is 0 Å². The fourth-order valence-electron chi connectivity index (χ4n) is 1.67. The molecule has 0 aromatic carbocycles. The van der Waals surface area contributed by atoms with Crippen LogP contribution in [0.4, 0.5) is 0 Å². The van der Waals surface area contributed by atoms with Crippen LogP contribution >= 0.6 is 0 Å². The average molecular weight is 405 g/mol. The van der Waals surface area contributed by atoms with Gasteiger partial charge in [-0.15, -0.1) is 11.1 Å². The van der Waals surface area contributed by atoms with Crippen molar-refractivity contribution in [1.29, 1.82) is 0 Å². The molecule has 0 unspecified atom stereocenters. The van der Waals surface area contributed by atoms with E-state index in [1.54, 1.807) is 0 Å². The largest absolute Gasteiger partial charge is 2.00 e. The summed E-state index contributed by atoms with van der Waals surface area (Å²) >= 11 is 0. The smallest absolute Gasteiger partial charge is 0.139 e. The molecule has 10 radical (unpaired) electrons. The van der Waals surface area contributed by atoms with E-state index in [1.807, 2.05) is 0 Å². The monoisotopic (exact) mass is 404 g/mol. The maximum atomic E-state index is 3.41. The van der Waals surface area contributed by atoms with Crippen molar-refractivity contribution in [2.75, 3.05) is 0 Å². The zero-order valence-corrected chi connectivity index (χ0v) is 21.1. The first-order chi connectivity index (χ1) is 11.1. The Hall–Kier alpha value is 0.708. The molecule has 2 fully saturated rings. The van der Waals surface area contributed by atoms with Gasteiger partial charge >= 0.3 is 21.7 Å². The van der Waals surface area contributed by atoms with E-state index in [4.69, 9.17) is 0 Å². The first-order valence-corrected chi connectivity index (χ1v) is 16.0. The summed E-state index contributed by atoms with van der Waals surface area (Å²) in [5.41, 5.74) is 6.82. The van der Waals surface area contributed by atoms with Gasteiger partial charge in [-0.3, -0.25) is 0 Å². The Morgan fingerprint density at radius 1 is 0.600 bits per heavy atom. The van der Waals surface area contributed by atoms with E-state index in [9.17, 15) is 0 Å². The maximum absolute atomic E-state index is 3.41. The Balaban J connectivity index is 0. The van der Waals surface area contributed by atoms with E-state index < -0.39 is 16.1 Å². The molecular weight excluding hydrogens is 368 g/mol. The third-order valence-corrected chi connectivity index (χ3v) is 5.09. The minimum absolute atomic E-state index is 0. The van der Waals surface area contributed by atoms with E-state index >= 15 is 0 Å². The van der Waals surface area contributed by atoms with Gasteiger partial charge in [-0.2, -0.15) is 0 Å². The average Bonchev–Trinajstić information content (AvgIpc) is 3.18. The quantitative estimate of drug-likeness (QED) is 0.372. The van der Waals surface area contributed by atoms with Gasteiger partial charge in [0.25, 0.3) is 0 Å². The molecule has 2 saturated carbocycles. The van der Waals surface area contributed by atoms with Gasteiger partial charge in [0.2, 0.25) is 0 Å². The summed E-state index contributed by atoms with van der Waals surface area (Å²) in [6.07, 6.45) is 19.1. The molecule has 0 heterocycles. The van der Waals surface area contributed by atoms with Crippen LogP contribution in [0.2, 0.25) is 39.3 Å². The first-order valence-electron chi connectivity index (χ1n) is 9.03. The summed E-state index contributed by atoms with van der Waals surface area (Å²) in [7, 11) is -2.19. The molecule has 3 heteroatoms. The molecule has 0 N–H and O–H groups in total. The van der Waals surface area contributed by atoms with Crippen LogP contribution in [0.5, 0.6) is 0 Å². The van der Waals surface area contributed by atoms with E-state index in [0.717, 1.165) is 12.8 Å². The maximum Gasteiger partial charge on any atom is 2.00 e. The predicted molar refractivity (Wildman–Crippen MR) is 116 cm³/mol. The van der Waals surface area contributed by atoms with Crippen molar-refractivity contribution in [3.63, 3.8) is 0 Å². The van der Waals surface area contributed by atoms with Crippen molar-refractivity contribution in [3.05, 3.63) is 63.2 Å². The molecule has 0 nitrogen and oxygen atoms in total. The first kappa shape index (κ1) is 27.9. The van der Waals surface area contributed by atoms with E-state index in [0.29, 0.717) is 0 Å². The molecule has 0 aromatic rings. The molecular formula is C22H36Si2Ti+2.